The lowest BCUT2D eigenvalue weighted by molar-refractivity contribution is 0.881. The molecule has 0 aliphatic rings. The van der Waals surface area contributed by atoms with E-state index >= 15 is 0 Å². The number of pyridine rings is 1. The zero-order chi connectivity index (χ0) is 12.7. The van der Waals surface area contributed by atoms with E-state index in [1.807, 2.05) is 13.0 Å². The summed E-state index contributed by atoms with van der Waals surface area (Å²) in [5.41, 5.74) is 0.976. The smallest absolute Gasteiger partial charge is 0.268 e. The number of aromatic nitrogens is 6. The van der Waals surface area contributed by atoms with E-state index in [1.165, 1.54) is 4.40 Å². The van der Waals surface area contributed by atoms with Gasteiger partial charge >= 0.3 is 0 Å². The molecule has 3 aromatic heterocycles. The van der Waals surface area contributed by atoms with Gasteiger partial charge in [-0.2, -0.15) is 0 Å². The number of H-pyrrole nitrogens is 1. The van der Waals surface area contributed by atoms with Gasteiger partial charge < -0.3 is 0 Å². The summed E-state index contributed by atoms with van der Waals surface area (Å²) in [6, 6.07) is 3.58. The van der Waals surface area contributed by atoms with E-state index in [0.29, 0.717) is 5.65 Å². The van der Waals surface area contributed by atoms with Gasteiger partial charge in [0.15, 0.2) is 5.82 Å². The summed E-state index contributed by atoms with van der Waals surface area (Å²) in [5, 5.41) is 12.9. The van der Waals surface area contributed by atoms with Crippen LogP contribution in [0.25, 0.3) is 17.0 Å². The molecular formula is C10H8N6O. The molecule has 0 saturated heterocycles. The van der Waals surface area contributed by atoms with Crippen molar-refractivity contribution < 1.29 is 1.37 Å². The van der Waals surface area contributed by atoms with Crippen LogP contribution in [-0.4, -0.2) is 30.0 Å². The predicted octanol–water partition coefficient (Wildman–Crippen LogP) is 0.183. The van der Waals surface area contributed by atoms with Crippen LogP contribution < -0.4 is 5.56 Å². The molecule has 7 nitrogen and oxygen atoms in total. The Morgan fingerprint density at radius 1 is 1.53 bits per heavy atom. The van der Waals surface area contributed by atoms with Crippen LogP contribution in [0.2, 0.25) is 0 Å². The summed E-state index contributed by atoms with van der Waals surface area (Å²) in [5.74, 6) is 0.147. The second-order valence-electron chi connectivity index (χ2n) is 3.54. The van der Waals surface area contributed by atoms with Gasteiger partial charge in [0.25, 0.3) is 5.56 Å². The molecule has 0 aliphatic heterocycles. The van der Waals surface area contributed by atoms with Crippen LogP contribution in [0, 0.1) is 6.92 Å². The Balaban J connectivity index is 2.46. The Hall–Kier alpha value is -2.57. The number of fused-ring (bicyclic) bond motifs is 1. The predicted molar refractivity (Wildman–Crippen MR) is 59.4 cm³/mol. The van der Waals surface area contributed by atoms with E-state index in [1.54, 1.807) is 12.3 Å². The summed E-state index contributed by atoms with van der Waals surface area (Å²) in [4.78, 5) is 16.4. The first kappa shape index (κ1) is 8.57. The van der Waals surface area contributed by atoms with Crippen molar-refractivity contribution in [2.75, 3.05) is 0 Å². The summed E-state index contributed by atoms with van der Waals surface area (Å²) >= 11 is 0. The zero-order valence-electron chi connectivity index (χ0n) is 9.88. The van der Waals surface area contributed by atoms with E-state index in [0.717, 1.165) is 5.56 Å². The molecule has 0 unspecified atom stereocenters. The van der Waals surface area contributed by atoms with Crippen molar-refractivity contribution in [3.8, 4) is 11.4 Å². The van der Waals surface area contributed by atoms with Crippen LogP contribution in [0.3, 0.4) is 0 Å². The number of hydrogen-bond acceptors (Lipinski definition) is 5. The van der Waals surface area contributed by atoms with Gasteiger partial charge in [-0.15, -0.1) is 5.10 Å². The fraction of sp³-hybridized carbons (Fsp3) is 0.100. The second kappa shape index (κ2) is 3.48. The van der Waals surface area contributed by atoms with E-state index < -0.39 is 0 Å². The number of aryl methyl sites for hydroxylation is 1. The zero-order valence-corrected chi connectivity index (χ0v) is 8.88. The number of aromatic amines is 1. The van der Waals surface area contributed by atoms with Crippen LogP contribution in [0.5, 0.6) is 0 Å². The summed E-state index contributed by atoms with van der Waals surface area (Å²) in [6.07, 6.45) is 1.46. The summed E-state index contributed by atoms with van der Waals surface area (Å²) in [7, 11) is 0. The van der Waals surface area contributed by atoms with Crippen molar-refractivity contribution in [2.45, 2.75) is 6.92 Å². The van der Waals surface area contributed by atoms with E-state index in [-0.39, 0.29) is 23.1 Å². The molecule has 0 aromatic carbocycles. The number of nitrogens with zero attached hydrogens (tertiary/aromatic N) is 5. The monoisotopic (exact) mass is 229 g/mol. The highest BCUT2D eigenvalue weighted by molar-refractivity contribution is 5.55. The lowest BCUT2D eigenvalue weighted by Crippen LogP contribution is -2.17. The Labute approximate surface area is 96.5 Å². The molecule has 84 valence electrons. The molecule has 7 heteroatoms. The molecule has 0 bridgehead atoms. The van der Waals surface area contributed by atoms with Crippen LogP contribution >= 0.6 is 0 Å². The minimum absolute atomic E-state index is 0.0584. The topological polar surface area (TPSA) is 88.8 Å². The number of nitrogens with one attached hydrogen (secondary N) is 1. The van der Waals surface area contributed by atoms with Crippen LogP contribution in [0.4, 0.5) is 0 Å². The first-order valence-electron chi connectivity index (χ1n) is 5.41. The quantitative estimate of drug-likeness (QED) is 0.643. The molecule has 0 radical (unpaired) electrons. The molecule has 3 rings (SSSR count). The molecule has 3 aromatic rings. The molecule has 1 N–H and O–H groups in total. The maximum atomic E-state index is 12.3. The molecule has 0 saturated carbocycles. The van der Waals surface area contributed by atoms with E-state index in [4.69, 9.17) is 1.37 Å². The lowest BCUT2D eigenvalue weighted by atomic mass is 10.2. The van der Waals surface area contributed by atoms with E-state index in [2.05, 4.69) is 25.6 Å². The summed E-state index contributed by atoms with van der Waals surface area (Å²) in [6.45, 7) is 1.83. The van der Waals surface area contributed by atoms with Crippen molar-refractivity contribution in [2.24, 2.45) is 0 Å². The second-order valence-corrected chi connectivity index (χ2v) is 3.54. The third kappa shape index (κ3) is 1.40. The average Bonchev–Trinajstić information content (AvgIpc) is 2.84. The standard InChI is InChI=1S/C10H8N6O/c1-6-3-2-4-16-9(6)11-5-7(10(16)17)8-12-14-15-13-8/h2-5H,1H3,(H,12,13,14,15)/i5D. The van der Waals surface area contributed by atoms with Crippen molar-refractivity contribution in [1.82, 2.24) is 30.0 Å². The van der Waals surface area contributed by atoms with Crippen molar-refractivity contribution in [3.05, 3.63) is 40.4 Å². The molecule has 0 aliphatic carbocycles. The first-order valence-corrected chi connectivity index (χ1v) is 4.91. The fourth-order valence-corrected chi connectivity index (χ4v) is 1.61. The normalized spacial score (nSPS) is 11.7. The van der Waals surface area contributed by atoms with Crippen molar-refractivity contribution >= 4 is 5.65 Å². The number of rotatable bonds is 1. The maximum Gasteiger partial charge on any atom is 0.269 e. The van der Waals surface area contributed by atoms with Gasteiger partial charge in [-0.3, -0.25) is 9.20 Å². The molecule has 0 spiro atoms. The van der Waals surface area contributed by atoms with Gasteiger partial charge in [-0.1, -0.05) is 6.07 Å². The SMILES string of the molecule is [2H]c1nc2c(C)cccn2c(=O)c1-c1nnn[nH]1. The molecule has 3 heterocycles. The minimum atomic E-state index is -0.368. The Morgan fingerprint density at radius 2 is 2.41 bits per heavy atom. The Morgan fingerprint density at radius 3 is 3.18 bits per heavy atom. The maximum absolute atomic E-state index is 12.3. The van der Waals surface area contributed by atoms with Crippen LogP contribution in [0.1, 0.15) is 6.93 Å². The largest absolute Gasteiger partial charge is 0.269 e. The average molecular weight is 229 g/mol. The van der Waals surface area contributed by atoms with Crippen molar-refractivity contribution in [3.63, 3.8) is 0 Å². The molecular weight excluding hydrogens is 220 g/mol. The van der Waals surface area contributed by atoms with Gasteiger partial charge in [0, 0.05) is 12.4 Å². The van der Waals surface area contributed by atoms with Crippen LogP contribution in [0.15, 0.2) is 29.3 Å². The highest BCUT2D eigenvalue weighted by Crippen LogP contribution is 2.09. The van der Waals surface area contributed by atoms with Gasteiger partial charge in [-0.25, -0.2) is 10.1 Å². The fourth-order valence-electron chi connectivity index (χ4n) is 1.61. The van der Waals surface area contributed by atoms with Gasteiger partial charge in [-0.05, 0) is 29.0 Å². The van der Waals surface area contributed by atoms with E-state index in [9.17, 15) is 4.79 Å². The van der Waals surface area contributed by atoms with Crippen molar-refractivity contribution in [1.29, 1.82) is 0 Å². The Kier molecular flexibility index (Phi) is 1.75. The third-order valence-electron chi connectivity index (χ3n) is 2.45. The van der Waals surface area contributed by atoms with Gasteiger partial charge in [0.05, 0.1) is 1.37 Å². The number of hydrogen-bond donors (Lipinski definition) is 1. The van der Waals surface area contributed by atoms with Gasteiger partial charge in [0.2, 0.25) is 0 Å². The summed E-state index contributed by atoms with van der Waals surface area (Å²) < 4.78 is 9.21. The molecule has 17 heavy (non-hydrogen) atoms. The van der Waals surface area contributed by atoms with Gasteiger partial charge in [0.1, 0.15) is 11.2 Å². The highest BCUT2D eigenvalue weighted by Gasteiger charge is 2.10. The third-order valence-corrected chi connectivity index (χ3v) is 2.45. The first-order chi connectivity index (χ1) is 8.68. The van der Waals surface area contributed by atoms with Crippen LogP contribution in [-0.2, 0) is 0 Å². The number of tetrazole rings is 1. The molecule has 0 amide bonds. The molecule has 0 fully saturated rings. The minimum Gasteiger partial charge on any atom is -0.268 e. The lowest BCUT2D eigenvalue weighted by Gasteiger charge is -2.03. The highest BCUT2D eigenvalue weighted by atomic mass is 16.1. The Bertz CT molecular complexity index is 779. The molecule has 0 atom stereocenters.